The van der Waals surface area contributed by atoms with Crippen molar-refractivity contribution in [2.24, 2.45) is 0 Å². The Bertz CT molecular complexity index is 901. The Morgan fingerprint density at radius 2 is 2.07 bits per heavy atom. The zero-order chi connectivity index (χ0) is 18.8. The van der Waals surface area contributed by atoms with E-state index in [2.05, 4.69) is 39.3 Å². The first-order chi connectivity index (χ1) is 13.2. The number of benzene rings is 1. The molecule has 2 aromatic heterocycles. The summed E-state index contributed by atoms with van der Waals surface area (Å²) < 4.78 is 7.50. The molecule has 0 saturated carbocycles. The van der Waals surface area contributed by atoms with Crippen LogP contribution in [-0.2, 0) is 11.2 Å². The van der Waals surface area contributed by atoms with Crippen molar-refractivity contribution >= 4 is 17.0 Å². The zero-order valence-electron chi connectivity index (χ0n) is 15.1. The molecule has 4 atom stereocenters. The number of aliphatic hydroxyl groups excluding tert-OH is 2. The van der Waals surface area contributed by atoms with E-state index in [-0.39, 0.29) is 12.6 Å². The summed E-state index contributed by atoms with van der Waals surface area (Å²) in [4.78, 5) is 13.1. The predicted octanol–water partition coefficient (Wildman–Crippen LogP) is 1.51. The largest absolute Gasteiger partial charge is 0.394 e. The molecule has 8 nitrogen and oxygen atoms in total. The Labute approximate surface area is 156 Å². The number of fused-ring (bicyclic) bond motifs is 1. The van der Waals surface area contributed by atoms with Crippen LogP contribution in [0.4, 0.5) is 5.82 Å². The van der Waals surface area contributed by atoms with Crippen LogP contribution in [0, 0.1) is 0 Å². The van der Waals surface area contributed by atoms with Crippen molar-refractivity contribution in [1.29, 1.82) is 0 Å². The molecule has 1 aliphatic heterocycles. The van der Waals surface area contributed by atoms with Crippen LogP contribution in [0.5, 0.6) is 0 Å². The maximum atomic E-state index is 9.98. The van der Waals surface area contributed by atoms with E-state index >= 15 is 0 Å². The molecule has 0 radical (unpaired) electrons. The SMILES string of the molecule is C[C@@H](Cc1ccccc1)Nc1ncnc2c1ncn2C1CC(O)C(CO)O1. The molecule has 142 valence electrons. The van der Waals surface area contributed by atoms with Gasteiger partial charge in [0.25, 0.3) is 0 Å². The molecule has 3 aromatic rings. The molecule has 0 spiro atoms. The summed E-state index contributed by atoms with van der Waals surface area (Å²) in [6.07, 6.45) is 2.68. The van der Waals surface area contributed by atoms with Crippen molar-refractivity contribution in [3.8, 4) is 0 Å². The summed E-state index contributed by atoms with van der Waals surface area (Å²) in [7, 11) is 0. The number of ether oxygens (including phenoxy) is 1. The molecular formula is C19H23N5O3. The van der Waals surface area contributed by atoms with Crippen LogP contribution >= 0.6 is 0 Å². The van der Waals surface area contributed by atoms with Gasteiger partial charge in [0.1, 0.15) is 18.7 Å². The number of nitrogens with one attached hydrogen (secondary N) is 1. The number of nitrogens with zero attached hydrogens (tertiary/aromatic N) is 4. The Hall–Kier alpha value is -2.55. The molecule has 27 heavy (non-hydrogen) atoms. The fourth-order valence-electron chi connectivity index (χ4n) is 3.47. The number of hydrogen-bond acceptors (Lipinski definition) is 7. The van der Waals surface area contributed by atoms with Crippen LogP contribution in [0.2, 0.25) is 0 Å². The molecule has 1 aromatic carbocycles. The monoisotopic (exact) mass is 369 g/mol. The minimum atomic E-state index is -0.706. The molecule has 0 bridgehead atoms. The molecule has 3 heterocycles. The van der Waals surface area contributed by atoms with E-state index in [0.717, 1.165) is 6.42 Å². The van der Waals surface area contributed by atoms with Gasteiger partial charge in [-0.25, -0.2) is 15.0 Å². The number of rotatable bonds is 6. The highest BCUT2D eigenvalue weighted by atomic mass is 16.5. The van der Waals surface area contributed by atoms with E-state index in [1.165, 1.54) is 11.9 Å². The summed E-state index contributed by atoms with van der Waals surface area (Å²) in [5.41, 5.74) is 2.54. The zero-order valence-corrected chi connectivity index (χ0v) is 15.1. The average Bonchev–Trinajstić information content (AvgIpc) is 3.26. The smallest absolute Gasteiger partial charge is 0.167 e. The number of imidazole rings is 1. The van der Waals surface area contributed by atoms with Gasteiger partial charge in [0.15, 0.2) is 17.0 Å². The minimum absolute atomic E-state index is 0.166. The van der Waals surface area contributed by atoms with Crippen molar-refractivity contribution in [2.45, 2.75) is 44.2 Å². The second kappa shape index (κ2) is 7.59. The van der Waals surface area contributed by atoms with Crippen LogP contribution in [0.15, 0.2) is 43.0 Å². The van der Waals surface area contributed by atoms with Crippen molar-refractivity contribution in [1.82, 2.24) is 19.5 Å². The first-order valence-electron chi connectivity index (χ1n) is 9.08. The first-order valence-corrected chi connectivity index (χ1v) is 9.08. The average molecular weight is 369 g/mol. The third kappa shape index (κ3) is 3.64. The van der Waals surface area contributed by atoms with Gasteiger partial charge in [0.05, 0.1) is 19.0 Å². The summed E-state index contributed by atoms with van der Waals surface area (Å²) in [5.74, 6) is 0.666. The molecule has 3 N–H and O–H groups in total. The Morgan fingerprint density at radius 3 is 2.81 bits per heavy atom. The predicted molar refractivity (Wildman–Crippen MR) is 100 cm³/mol. The van der Waals surface area contributed by atoms with Gasteiger partial charge in [-0.3, -0.25) is 4.57 Å². The molecule has 1 aliphatic rings. The van der Waals surface area contributed by atoms with Crippen LogP contribution in [0.3, 0.4) is 0 Å². The Kier molecular flexibility index (Phi) is 5.02. The van der Waals surface area contributed by atoms with E-state index in [9.17, 15) is 10.2 Å². The van der Waals surface area contributed by atoms with Gasteiger partial charge in [-0.1, -0.05) is 30.3 Å². The maximum Gasteiger partial charge on any atom is 0.167 e. The van der Waals surface area contributed by atoms with Gasteiger partial charge in [0, 0.05) is 12.5 Å². The van der Waals surface area contributed by atoms with Crippen LogP contribution in [0.25, 0.3) is 11.2 Å². The summed E-state index contributed by atoms with van der Waals surface area (Å²) in [6, 6.07) is 10.4. The van der Waals surface area contributed by atoms with E-state index in [0.29, 0.717) is 23.4 Å². The van der Waals surface area contributed by atoms with Crippen LogP contribution < -0.4 is 5.32 Å². The molecule has 1 saturated heterocycles. The fourth-order valence-corrected chi connectivity index (χ4v) is 3.47. The number of anilines is 1. The highest BCUT2D eigenvalue weighted by molar-refractivity contribution is 5.82. The molecular weight excluding hydrogens is 346 g/mol. The van der Waals surface area contributed by atoms with Crippen molar-refractivity contribution < 1.29 is 14.9 Å². The number of aliphatic hydroxyl groups is 2. The molecule has 3 unspecified atom stereocenters. The van der Waals surface area contributed by atoms with Crippen molar-refractivity contribution in [2.75, 3.05) is 11.9 Å². The highest BCUT2D eigenvalue weighted by Gasteiger charge is 2.35. The normalized spacial score (nSPS) is 23.6. The summed E-state index contributed by atoms with van der Waals surface area (Å²) in [6.45, 7) is 1.88. The van der Waals surface area contributed by atoms with Crippen LogP contribution in [0.1, 0.15) is 25.1 Å². The van der Waals surface area contributed by atoms with Crippen LogP contribution in [-0.4, -0.2) is 54.6 Å². The minimum Gasteiger partial charge on any atom is -0.394 e. The third-order valence-corrected chi connectivity index (χ3v) is 4.82. The lowest BCUT2D eigenvalue weighted by Gasteiger charge is -2.15. The standard InChI is InChI=1S/C19H23N5O3/c1-12(7-13-5-3-2-4-6-13)23-18-17-19(21-10-20-18)24(11-22-17)16-8-14(26)15(9-25)27-16/h2-6,10-12,14-16,25-26H,7-9H2,1H3,(H,20,21,23)/t12-,14?,15?,16?/m0/s1. The third-order valence-electron chi connectivity index (χ3n) is 4.82. The maximum absolute atomic E-state index is 9.98. The van der Waals surface area contributed by atoms with E-state index in [4.69, 9.17) is 4.74 Å². The Morgan fingerprint density at radius 1 is 1.26 bits per heavy atom. The van der Waals surface area contributed by atoms with Crippen molar-refractivity contribution in [3.63, 3.8) is 0 Å². The Balaban J connectivity index is 1.54. The molecule has 4 rings (SSSR count). The lowest BCUT2D eigenvalue weighted by molar-refractivity contribution is -0.0432. The molecule has 0 aliphatic carbocycles. The lowest BCUT2D eigenvalue weighted by atomic mass is 10.1. The highest BCUT2D eigenvalue weighted by Crippen LogP contribution is 2.31. The van der Waals surface area contributed by atoms with E-state index < -0.39 is 18.4 Å². The number of hydrogen-bond donors (Lipinski definition) is 3. The van der Waals surface area contributed by atoms with Gasteiger partial charge in [-0.05, 0) is 18.9 Å². The summed E-state index contributed by atoms with van der Waals surface area (Å²) >= 11 is 0. The van der Waals surface area contributed by atoms with Gasteiger partial charge in [-0.2, -0.15) is 0 Å². The van der Waals surface area contributed by atoms with E-state index in [1.807, 2.05) is 18.2 Å². The topological polar surface area (TPSA) is 105 Å². The van der Waals surface area contributed by atoms with Crippen molar-refractivity contribution in [3.05, 3.63) is 48.5 Å². The second-order valence-corrected chi connectivity index (χ2v) is 6.90. The van der Waals surface area contributed by atoms with Gasteiger partial charge >= 0.3 is 0 Å². The van der Waals surface area contributed by atoms with Gasteiger partial charge in [0.2, 0.25) is 0 Å². The summed E-state index contributed by atoms with van der Waals surface area (Å²) in [5, 5.41) is 22.7. The van der Waals surface area contributed by atoms with E-state index in [1.54, 1.807) is 10.9 Å². The first kappa shape index (κ1) is 17.8. The molecule has 8 heteroatoms. The van der Waals surface area contributed by atoms with Gasteiger partial charge in [-0.15, -0.1) is 0 Å². The fraction of sp³-hybridized carbons (Fsp3) is 0.421. The quantitative estimate of drug-likeness (QED) is 0.605. The lowest BCUT2D eigenvalue weighted by Crippen LogP contribution is -2.24. The van der Waals surface area contributed by atoms with Gasteiger partial charge < -0.3 is 20.3 Å². The number of aromatic nitrogens is 4. The molecule has 1 fully saturated rings. The molecule has 0 amide bonds. The second-order valence-electron chi connectivity index (χ2n) is 6.90.